The molecule has 0 aromatic heterocycles. The number of likely N-dealkylation sites (N-methyl/N-ethyl adjacent to an activating group) is 1. The van der Waals surface area contributed by atoms with Gasteiger partial charge in [-0.15, -0.1) is 6.58 Å². The summed E-state index contributed by atoms with van der Waals surface area (Å²) in [6, 6.07) is 5.57. The van der Waals surface area contributed by atoms with Gasteiger partial charge in [-0.05, 0) is 32.4 Å². The summed E-state index contributed by atoms with van der Waals surface area (Å²) in [5.41, 5.74) is 0.914. The van der Waals surface area contributed by atoms with Crippen LogP contribution in [0.15, 0.2) is 30.9 Å². The van der Waals surface area contributed by atoms with Crippen LogP contribution in [-0.2, 0) is 11.2 Å². The summed E-state index contributed by atoms with van der Waals surface area (Å²) in [6.45, 7) is 9.07. The molecule has 1 amide bonds. The van der Waals surface area contributed by atoms with Crippen LogP contribution in [0.25, 0.3) is 0 Å². The Labute approximate surface area is 121 Å². The molecule has 4 nitrogen and oxygen atoms in total. The lowest BCUT2D eigenvalue weighted by atomic mass is 10.1. The van der Waals surface area contributed by atoms with Gasteiger partial charge >= 0.3 is 0 Å². The van der Waals surface area contributed by atoms with Crippen LogP contribution in [0.3, 0.4) is 0 Å². The molecule has 0 unspecified atom stereocenters. The molecule has 0 bridgehead atoms. The number of carbonyl (C=O) groups is 1. The summed E-state index contributed by atoms with van der Waals surface area (Å²) < 4.78 is 11.0. The first-order chi connectivity index (χ1) is 9.67. The van der Waals surface area contributed by atoms with Crippen molar-refractivity contribution in [2.75, 3.05) is 26.8 Å². The van der Waals surface area contributed by atoms with Gasteiger partial charge in [0, 0.05) is 18.7 Å². The van der Waals surface area contributed by atoms with Crippen LogP contribution in [0.5, 0.6) is 11.5 Å². The van der Waals surface area contributed by atoms with Crippen molar-refractivity contribution < 1.29 is 14.3 Å². The van der Waals surface area contributed by atoms with Crippen LogP contribution in [0.2, 0.25) is 0 Å². The fourth-order valence-electron chi connectivity index (χ4n) is 2.02. The maximum atomic E-state index is 12.0. The Balaban J connectivity index is 2.81. The average molecular weight is 277 g/mol. The van der Waals surface area contributed by atoms with Gasteiger partial charge in [0.1, 0.15) is 11.5 Å². The summed E-state index contributed by atoms with van der Waals surface area (Å²) in [4.78, 5) is 13.7. The monoisotopic (exact) mass is 277 g/mol. The summed E-state index contributed by atoms with van der Waals surface area (Å²) in [5, 5.41) is 0. The minimum atomic E-state index is -0.0117. The third-order valence-electron chi connectivity index (χ3n) is 3.13. The Morgan fingerprint density at radius 3 is 2.50 bits per heavy atom. The minimum Gasteiger partial charge on any atom is -0.496 e. The normalized spacial score (nSPS) is 9.95. The lowest BCUT2D eigenvalue weighted by Gasteiger charge is -2.19. The second kappa shape index (κ2) is 8.25. The quantitative estimate of drug-likeness (QED) is 0.686. The molecule has 1 aromatic rings. The zero-order chi connectivity index (χ0) is 15.0. The Morgan fingerprint density at radius 2 is 1.95 bits per heavy atom. The smallest absolute Gasteiger partial charge is 0.260 e. The molecule has 0 aliphatic carbocycles. The van der Waals surface area contributed by atoms with E-state index in [4.69, 9.17) is 9.47 Å². The topological polar surface area (TPSA) is 38.8 Å². The van der Waals surface area contributed by atoms with E-state index >= 15 is 0 Å². The number of nitrogens with zero attached hydrogens (tertiary/aromatic N) is 1. The molecule has 0 atom stereocenters. The number of hydrogen-bond donors (Lipinski definition) is 0. The molecule has 1 aromatic carbocycles. The van der Waals surface area contributed by atoms with Gasteiger partial charge in [0.05, 0.1) is 7.11 Å². The van der Waals surface area contributed by atoms with E-state index in [2.05, 4.69) is 6.58 Å². The van der Waals surface area contributed by atoms with Crippen LogP contribution >= 0.6 is 0 Å². The fourth-order valence-corrected chi connectivity index (χ4v) is 2.02. The van der Waals surface area contributed by atoms with E-state index in [9.17, 15) is 4.79 Å². The van der Waals surface area contributed by atoms with Crippen molar-refractivity contribution in [1.82, 2.24) is 4.90 Å². The van der Waals surface area contributed by atoms with E-state index in [0.717, 1.165) is 11.3 Å². The molecule has 1 rings (SSSR count). The molecule has 0 spiro atoms. The van der Waals surface area contributed by atoms with Gasteiger partial charge in [-0.25, -0.2) is 0 Å². The molecule has 0 heterocycles. The maximum absolute atomic E-state index is 12.0. The fraction of sp³-hybridized carbons (Fsp3) is 0.438. The molecule has 0 saturated carbocycles. The Hall–Kier alpha value is -1.97. The highest BCUT2D eigenvalue weighted by molar-refractivity contribution is 5.77. The Kier molecular flexibility index (Phi) is 6.64. The van der Waals surface area contributed by atoms with Gasteiger partial charge in [-0.2, -0.15) is 0 Å². The predicted molar refractivity (Wildman–Crippen MR) is 80.3 cm³/mol. The van der Waals surface area contributed by atoms with Crippen molar-refractivity contribution in [3.8, 4) is 11.5 Å². The zero-order valence-electron chi connectivity index (χ0n) is 12.5. The molecule has 110 valence electrons. The lowest BCUT2D eigenvalue weighted by molar-refractivity contribution is -0.132. The number of methoxy groups -OCH3 is 1. The van der Waals surface area contributed by atoms with Gasteiger partial charge in [0.2, 0.25) is 0 Å². The van der Waals surface area contributed by atoms with Gasteiger partial charge < -0.3 is 14.4 Å². The first kappa shape index (κ1) is 16.1. The molecule has 0 saturated heterocycles. The summed E-state index contributed by atoms with van der Waals surface area (Å²) in [5.74, 6) is 1.41. The summed E-state index contributed by atoms with van der Waals surface area (Å²) >= 11 is 0. The molecular formula is C16H23NO3. The van der Waals surface area contributed by atoms with Crippen molar-refractivity contribution in [3.63, 3.8) is 0 Å². The molecule has 0 N–H and O–H groups in total. The van der Waals surface area contributed by atoms with Crippen LogP contribution in [0.1, 0.15) is 19.4 Å². The predicted octanol–water partition coefficient (Wildman–Crippen LogP) is 2.67. The summed E-state index contributed by atoms with van der Waals surface area (Å²) in [6.07, 6.45) is 2.43. The first-order valence-electron chi connectivity index (χ1n) is 6.85. The van der Waals surface area contributed by atoms with E-state index in [1.807, 2.05) is 32.0 Å². The highest BCUT2D eigenvalue weighted by Crippen LogP contribution is 2.29. The Morgan fingerprint density at radius 1 is 1.30 bits per heavy atom. The van der Waals surface area contributed by atoms with E-state index in [1.54, 1.807) is 18.1 Å². The second-order valence-corrected chi connectivity index (χ2v) is 4.28. The maximum Gasteiger partial charge on any atom is 0.260 e. The van der Waals surface area contributed by atoms with Gasteiger partial charge in [-0.1, -0.05) is 12.1 Å². The minimum absolute atomic E-state index is 0.0117. The van der Waals surface area contributed by atoms with Crippen LogP contribution in [0, 0.1) is 0 Å². The third-order valence-corrected chi connectivity index (χ3v) is 3.13. The number of ether oxygens (including phenoxy) is 2. The van der Waals surface area contributed by atoms with E-state index < -0.39 is 0 Å². The average Bonchev–Trinajstić information content (AvgIpc) is 2.47. The highest BCUT2D eigenvalue weighted by atomic mass is 16.5. The number of allylic oxidation sites excluding steroid dienone is 1. The zero-order valence-corrected chi connectivity index (χ0v) is 12.5. The van der Waals surface area contributed by atoms with E-state index in [-0.39, 0.29) is 12.5 Å². The van der Waals surface area contributed by atoms with Crippen LogP contribution < -0.4 is 9.47 Å². The highest BCUT2D eigenvalue weighted by Gasteiger charge is 2.13. The number of rotatable bonds is 8. The van der Waals surface area contributed by atoms with Gasteiger partial charge in [0.25, 0.3) is 5.91 Å². The number of hydrogen-bond acceptors (Lipinski definition) is 3. The standard InChI is InChI=1S/C16H23NO3/c1-5-9-13-14(19-4)10-8-11-15(13)20-12-16(18)17(6-2)7-3/h5,8,10-11H,1,6-7,9,12H2,2-4H3. The van der Waals surface area contributed by atoms with Crippen LogP contribution in [0.4, 0.5) is 0 Å². The Bertz CT molecular complexity index is 453. The molecule has 4 heteroatoms. The molecule has 20 heavy (non-hydrogen) atoms. The largest absolute Gasteiger partial charge is 0.496 e. The van der Waals surface area contributed by atoms with Crippen molar-refractivity contribution in [2.24, 2.45) is 0 Å². The molecular weight excluding hydrogens is 254 g/mol. The summed E-state index contributed by atoms with van der Waals surface area (Å²) in [7, 11) is 1.62. The van der Waals surface area contributed by atoms with Crippen molar-refractivity contribution in [1.29, 1.82) is 0 Å². The molecule has 0 radical (unpaired) electrons. The SMILES string of the molecule is C=CCc1c(OC)cccc1OCC(=O)N(CC)CC. The molecule has 0 aliphatic heterocycles. The van der Waals surface area contributed by atoms with Crippen molar-refractivity contribution in [3.05, 3.63) is 36.4 Å². The molecule has 0 aliphatic rings. The lowest BCUT2D eigenvalue weighted by Crippen LogP contribution is -2.34. The van der Waals surface area contributed by atoms with Gasteiger partial charge in [-0.3, -0.25) is 4.79 Å². The van der Waals surface area contributed by atoms with E-state index in [1.165, 1.54) is 0 Å². The first-order valence-corrected chi connectivity index (χ1v) is 6.85. The number of amides is 1. The number of carbonyl (C=O) groups excluding carboxylic acids is 1. The van der Waals surface area contributed by atoms with Crippen molar-refractivity contribution in [2.45, 2.75) is 20.3 Å². The van der Waals surface area contributed by atoms with E-state index in [0.29, 0.717) is 25.3 Å². The van der Waals surface area contributed by atoms with Crippen LogP contribution in [-0.4, -0.2) is 37.6 Å². The third kappa shape index (κ3) is 4.02. The number of benzene rings is 1. The van der Waals surface area contributed by atoms with Crippen molar-refractivity contribution >= 4 is 5.91 Å². The second-order valence-electron chi connectivity index (χ2n) is 4.28. The van der Waals surface area contributed by atoms with Gasteiger partial charge in [0.15, 0.2) is 6.61 Å². The molecule has 0 fully saturated rings.